The fraction of sp³-hybridized carbons (Fsp3) is 0.364. The number of aromatic hydroxyl groups is 1. The number of carbonyl (C=O) groups excluding carboxylic acids is 1. The van der Waals surface area contributed by atoms with Gasteiger partial charge in [0.15, 0.2) is 0 Å². The fourth-order valence-electron chi connectivity index (χ4n) is 1.22. The summed E-state index contributed by atoms with van der Waals surface area (Å²) in [5, 5.41) is 20.2. The van der Waals surface area contributed by atoms with E-state index in [0.717, 1.165) is 6.07 Å². The van der Waals surface area contributed by atoms with Gasteiger partial charge in [0, 0.05) is 12.1 Å². The van der Waals surface area contributed by atoms with Crippen molar-refractivity contribution >= 4 is 5.91 Å². The van der Waals surface area contributed by atoms with Gasteiger partial charge in [-0.1, -0.05) is 6.07 Å². The molecule has 0 spiro atoms. The molecule has 0 saturated carbocycles. The van der Waals surface area contributed by atoms with Gasteiger partial charge in [-0.2, -0.15) is 0 Å². The first-order valence-corrected chi connectivity index (χ1v) is 4.90. The molecular formula is C11H14FNO3. The van der Waals surface area contributed by atoms with E-state index < -0.39 is 5.82 Å². The van der Waals surface area contributed by atoms with Crippen molar-refractivity contribution in [1.82, 2.24) is 5.32 Å². The van der Waals surface area contributed by atoms with E-state index in [4.69, 9.17) is 10.2 Å². The van der Waals surface area contributed by atoms with Crippen LogP contribution in [0, 0.1) is 5.82 Å². The van der Waals surface area contributed by atoms with E-state index in [0.29, 0.717) is 0 Å². The Bertz CT molecular complexity index is 381. The molecule has 1 unspecified atom stereocenters. The van der Waals surface area contributed by atoms with Crippen LogP contribution in [0.4, 0.5) is 4.39 Å². The topological polar surface area (TPSA) is 69.6 Å². The zero-order valence-electron chi connectivity index (χ0n) is 8.90. The van der Waals surface area contributed by atoms with Crippen molar-refractivity contribution in [2.45, 2.75) is 19.4 Å². The van der Waals surface area contributed by atoms with Crippen molar-refractivity contribution in [1.29, 1.82) is 0 Å². The summed E-state index contributed by atoms with van der Waals surface area (Å²) in [6, 6.07) is 3.28. The fourth-order valence-corrected chi connectivity index (χ4v) is 1.22. The highest BCUT2D eigenvalue weighted by Gasteiger charge is 2.10. The molecule has 0 heterocycles. The highest BCUT2D eigenvalue weighted by Crippen LogP contribution is 2.15. The molecule has 4 nitrogen and oxygen atoms in total. The summed E-state index contributed by atoms with van der Waals surface area (Å²) in [7, 11) is 0. The van der Waals surface area contributed by atoms with Gasteiger partial charge in [0.2, 0.25) is 5.91 Å². The third kappa shape index (κ3) is 3.51. The predicted octanol–water partition coefficient (Wildman–Crippen LogP) is 0.571. The Labute approximate surface area is 92.7 Å². The lowest BCUT2D eigenvalue weighted by Gasteiger charge is -2.10. The average Bonchev–Trinajstić information content (AvgIpc) is 2.22. The highest BCUT2D eigenvalue weighted by atomic mass is 19.1. The van der Waals surface area contributed by atoms with E-state index >= 15 is 0 Å². The van der Waals surface area contributed by atoms with Gasteiger partial charge in [-0.25, -0.2) is 4.39 Å². The van der Waals surface area contributed by atoms with E-state index in [1.807, 2.05) is 0 Å². The molecule has 1 rings (SSSR count). The van der Waals surface area contributed by atoms with E-state index in [9.17, 15) is 9.18 Å². The summed E-state index contributed by atoms with van der Waals surface area (Å²) in [4.78, 5) is 11.4. The molecule has 0 bridgehead atoms. The van der Waals surface area contributed by atoms with Crippen LogP contribution in [0.5, 0.6) is 5.75 Å². The van der Waals surface area contributed by atoms with Crippen LogP contribution in [0.15, 0.2) is 18.2 Å². The van der Waals surface area contributed by atoms with E-state index in [-0.39, 0.29) is 36.3 Å². The van der Waals surface area contributed by atoms with Crippen molar-refractivity contribution in [3.8, 4) is 5.75 Å². The second kappa shape index (κ2) is 5.46. The Morgan fingerprint density at radius 3 is 2.81 bits per heavy atom. The summed E-state index contributed by atoms with van der Waals surface area (Å²) < 4.78 is 13.2. The molecule has 0 aliphatic heterocycles. The van der Waals surface area contributed by atoms with Crippen molar-refractivity contribution in [3.63, 3.8) is 0 Å². The summed E-state index contributed by atoms with van der Waals surface area (Å²) >= 11 is 0. The van der Waals surface area contributed by atoms with Crippen LogP contribution >= 0.6 is 0 Å². The van der Waals surface area contributed by atoms with Gasteiger partial charge >= 0.3 is 0 Å². The molecule has 0 fully saturated rings. The quantitative estimate of drug-likeness (QED) is 0.704. The van der Waals surface area contributed by atoms with E-state index in [2.05, 4.69) is 5.32 Å². The minimum absolute atomic E-state index is 0.115. The minimum Gasteiger partial charge on any atom is -0.508 e. The van der Waals surface area contributed by atoms with Crippen LogP contribution < -0.4 is 5.32 Å². The zero-order valence-corrected chi connectivity index (χ0v) is 8.90. The Morgan fingerprint density at radius 2 is 2.25 bits per heavy atom. The molecule has 1 atom stereocenters. The number of carbonyl (C=O) groups is 1. The molecule has 16 heavy (non-hydrogen) atoms. The standard InChI is InChI=1S/C11H14FNO3/c1-7(6-14)13-11(16)4-8-2-3-9(15)5-10(8)12/h2-3,5,7,14-15H,4,6H2,1H3,(H,13,16). The van der Waals surface area contributed by atoms with Crippen LogP contribution in [-0.4, -0.2) is 28.8 Å². The molecule has 5 heteroatoms. The summed E-state index contributed by atoms with van der Waals surface area (Å²) in [6.45, 7) is 1.48. The van der Waals surface area contributed by atoms with Crippen LogP contribution in [0.2, 0.25) is 0 Å². The van der Waals surface area contributed by atoms with Crippen LogP contribution in [0.1, 0.15) is 12.5 Å². The van der Waals surface area contributed by atoms with Crippen LogP contribution in [0.3, 0.4) is 0 Å². The number of phenolic OH excluding ortho intramolecular Hbond substituents is 1. The molecule has 1 aromatic carbocycles. The maximum absolute atomic E-state index is 13.2. The first kappa shape index (κ1) is 12.4. The van der Waals surface area contributed by atoms with E-state index in [1.54, 1.807) is 6.92 Å². The highest BCUT2D eigenvalue weighted by molar-refractivity contribution is 5.78. The molecule has 88 valence electrons. The lowest BCUT2D eigenvalue weighted by Crippen LogP contribution is -2.36. The van der Waals surface area contributed by atoms with E-state index in [1.165, 1.54) is 12.1 Å². The van der Waals surface area contributed by atoms with Gasteiger partial charge < -0.3 is 15.5 Å². The second-order valence-corrected chi connectivity index (χ2v) is 3.60. The van der Waals surface area contributed by atoms with Crippen LogP contribution in [0.25, 0.3) is 0 Å². The van der Waals surface area contributed by atoms with Gasteiger partial charge in [-0.15, -0.1) is 0 Å². The SMILES string of the molecule is CC(CO)NC(=O)Cc1ccc(O)cc1F. The third-order valence-corrected chi connectivity index (χ3v) is 2.07. The number of phenols is 1. The average molecular weight is 227 g/mol. The van der Waals surface area contributed by atoms with Crippen molar-refractivity contribution < 1.29 is 19.4 Å². The number of hydrogen-bond acceptors (Lipinski definition) is 3. The lowest BCUT2D eigenvalue weighted by molar-refractivity contribution is -0.121. The molecule has 0 saturated heterocycles. The monoisotopic (exact) mass is 227 g/mol. The second-order valence-electron chi connectivity index (χ2n) is 3.60. The number of amides is 1. The van der Waals surface area contributed by atoms with Gasteiger partial charge in [-0.3, -0.25) is 4.79 Å². The molecule has 1 aromatic rings. The first-order valence-electron chi connectivity index (χ1n) is 4.90. The Balaban J connectivity index is 2.63. The summed E-state index contributed by atoms with van der Waals surface area (Å²) in [6.07, 6.45) is -0.115. The van der Waals surface area contributed by atoms with Crippen molar-refractivity contribution in [2.24, 2.45) is 0 Å². The van der Waals surface area contributed by atoms with Crippen molar-refractivity contribution in [2.75, 3.05) is 6.61 Å². The molecule has 0 aliphatic carbocycles. The summed E-state index contributed by atoms with van der Waals surface area (Å²) in [5.74, 6) is -1.16. The van der Waals surface area contributed by atoms with Crippen molar-refractivity contribution in [3.05, 3.63) is 29.6 Å². The molecule has 0 aliphatic rings. The number of hydrogen-bond donors (Lipinski definition) is 3. The smallest absolute Gasteiger partial charge is 0.224 e. The predicted molar refractivity (Wildman–Crippen MR) is 56.5 cm³/mol. The minimum atomic E-state index is -0.619. The maximum atomic E-state index is 13.2. The van der Waals surface area contributed by atoms with Gasteiger partial charge in [0.1, 0.15) is 11.6 Å². The Kier molecular flexibility index (Phi) is 4.25. The number of aliphatic hydroxyl groups excluding tert-OH is 1. The third-order valence-electron chi connectivity index (χ3n) is 2.07. The molecule has 3 N–H and O–H groups in total. The lowest BCUT2D eigenvalue weighted by atomic mass is 10.1. The number of rotatable bonds is 4. The van der Waals surface area contributed by atoms with Gasteiger partial charge in [0.25, 0.3) is 0 Å². The number of benzene rings is 1. The van der Waals surface area contributed by atoms with Crippen LogP contribution in [-0.2, 0) is 11.2 Å². The molecule has 0 aromatic heterocycles. The largest absolute Gasteiger partial charge is 0.508 e. The van der Waals surface area contributed by atoms with Gasteiger partial charge in [0.05, 0.1) is 13.0 Å². The zero-order chi connectivity index (χ0) is 12.1. The molecule has 0 radical (unpaired) electrons. The molecular weight excluding hydrogens is 213 g/mol. The van der Waals surface area contributed by atoms with Gasteiger partial charge in [-0.05, 0) is 18.6 Å². The summed E-state index contributed by atoms with van der Waals surface area (Å²) in [5.41, 5.74) is 0.209. The number of nitrogens with one attached hydrogen (secondary N) is 1. The number of aliphatic hydroxyl groups is 1. The Hall–Kier alpha value is -1.62. The maximum Gasteiger partial charge on any atom is 0.224 e. The first-order chi connectivity index (χ1) is 7.52. The molecule has 1 amide bonds. The Morgan fingerprint density at radius 1 is 1.56 bits per heavy atom. The number of halogens is 1. The normalized spacial score (nSPS) is 12.2.